The second kappa shape index (κ2) is 5.60. The van der Waals surface area contributed by atoms with E-state index in [0.29, 0.717) is 12.1 Å². The van der Waals surface area contributed by atoms with Gasteiger partial charge < -0.3 is 5.73 Å². The third kappa shape index (κ3) is 2.49. The number of hydrogen-bond donors (Lipinski definition) is 1. The van der Waals surface area contributed by atoms with Crippen molar-refractivity contribution in [1.29, 1.82) is 0 Å². The van der Waals surface area contributed by atoms with Crippen molar-refractivity contribution >= 4 is 5.78 Å². The minimum absolute atomic E-state index is 0.0572. The number of para-hydroxylation sites is 1. The van der Waals surface area contributed by atoms with Crippen LogP contribution >= 0.6 is 0 Å². The van der Waals surface area contributed by atoms with Gasteiger partial charge in [0.05, 0.1) is 17.9 Å². The molecule has 94 valence electrons. The van der Waals surface area contributed by atoms with E-state index < -0.39 is 6.04 Å². The summed E-state index contributed by atoms with van der Waals surface area (Å²) >= 11 is 0. The van der Waals surface area contributed by atoms with E-state index in [-0.39, 0.29) is 5.78 Å². The van der Waals surface area contributed by atoms with Crippen molar-refractivity contribution in [2.45, 2.75) is 25.8 Å². The average Bonchev–Trinajstić information content (AvgIpc) is 2.88. The van der Waals surface area contributed by atoms with Crippen molar-refractivity contribution in [1.82, 2.24) is 9.78 Å². The fourth-order valence-electron chi connectivity index (χ4n) is 1.90. The summed E-state index contributed by atoms with van der Waals surface area (Å²) in [6.07, 6.45) is 3.21. The van der Waals surface area contributed by atoms with Gasteiger partial charge in [0.2, 0.25) is 0 Å². The monoisotopic (exact) mass is 243 g/mol. The van der Waals surface area contributed by atoms with Crippen molar-refractivity contribution in [3.05, 3.63) is 48.3 Å². The van der Waals surface area contributed by atoms with Crippen LogP contribution in [0.4, 0.5) is 0 Å². The Kier molecular flexibility index (Phi) is 3.89. The Bertz CT molecular complexity index is 519. The molecular weight excluding hydrogens is 226 g/mol. The number of rotatable bonds is 5. The van der Waals surface area contributed by atoms with Crippen LogP contribution in [0.15, 0.2) is 42.6 Å². The largest absolute Gasteiger partial charge is 0.321 e. The molecule has 0 saturated carbocycles. The summed E-state index contributed by atoms with van der Waals surface area (Å²) in [4.78, 5) is 12.2. The van der Waals surface area contributed by atoms with Crippen LogP contribution < -0.4 is 5.73 Å². The quantitative estimate of drug-likeness (QED) is 0.819. The molecule has 2 N–H and O–H groups in total. The number of nitrogens with zero attached hydrogens (tertiary/aromatic N) is 2. The predicted molar refractivity (Wildman–Crippen MR) is 70.8 cm³/mol. The Hall–Kier alpha value is -1.94. The van der Waals surface area contributed by atoms with Crippen LogP contribution in [0.1, 0.15) is 30.3 Å². The number of benzene rings is 1. The summed E-state index contributed by atoms with van der Waals surface area (Å²) in [5.74, 6) is -0.0572. The molecule has 0 spiro atoms. The van der Waals surface area contributed by atoms with Crippen LogP contribution in [0, 0.1) is 0 Å². The Morgan fingerprint density at radius 3 is 2.72 bits per heavy atom. The molecule has 4 nitrogen and oxygen atoms in total. The first kappa shape index (κ1) is 12.5. The first-order chi connectivity index (χ1) is 8.74. The zero-order chi connectivity index (χ0) is 13.0. The van der Waals surface area contributed by atoms with Crippen molar-refractivity contribution in [2.24, 2.45) is 5.73 Å². The van der Waals surface area contributed by atoms with Crippen LogP contribution in [0.5, 0.6) is 0 Å². The van der Waals surface area contributed by atoms with E-state index >= 15 is 0 Å². The standard InChI is InChI=1S/C14H17N3O/c1-2-6-12(15)14(18)13-9-10-16-17(13)11-7-4-3-5-8-11/h3-5,7-10,12H,2,6,15H2,1H3. The van der Waals surface area contributed by atoms with Crippen LogP contribution in [0.2, 0.25) is 0 Å². The van der Waals surface area contributed by atoms with Crippen molar-refractivity contribution < 1.29 is 4.79 Å². The fourth-order valence-corrected chi connectivity index (χ4v) is 1.90. The SMILES string of the molecule is CCCC(N)C(=O)c1ccnn1-c1ccccc1. The summed E-state index contributed by atoms with van der Waals surface area (Å²) < 4.78 is 1.64. The number of carbonyl (C=O) groups excluding carboxylic acids is 1. The van der Waals surface area contributed by atoms with Gasteiger partial charge in [0, 0.05) is 0 Å². The molecule has 0 aliphatic rings. The lowest BCUT2D eigenvalue weighted by Gasteiger charge is -2.11. The number of aromatic nitrogens is 2. The van der Waals surface area contributed by atoms with Crippen LogP contribution in [-0.2, 0) is 0 Å². The molecule has 1 unspecified atom stereocenters. The van der Waals surface area contributed by atoms with E-state index in [1.807, 2.05) is 37.3 Å². The van der Waals surface area contributed by atoms with Gasteiger partial charge in [-0.3, -0.25) is 4.79 Å². The molecule has 0 aliphatic heterocycles. The molecular formula is C14H17N3O. The molecule has 0 amide bonds. The van der Waals surface area contributed by atoms with Gasteiger partial charge in [-0.15, -0.1) is 0 Å². The summed E-state index contributed by atoms with van der Waals surface area (Å²) in [5.41, 5.74) is 7.29. The van der Waals surface area contributed by atoms with Gasteiger partial charge in [-0.05, 0) is 24.6 Å². The lowest BCUT2D eigenvalue weighted by molar-refractivity contribution is 0.0949. The summed E-state index contributed by atoms with van der Waals surface area (Å²) in [6.45, 7) is 2.02. The second-order valence-electron chi connectivity index (χ2n) is 4.22. The zero-order valence-electron chi connectivity index (χ0n) is 10.4. The van der Waals surface area contributed by atoms with Gasteiger partial charge in [0.25, 0.3) is 0 Å². The average molecular weight is 243 g/mol. The molecule has 18 heavy (non-hydrogen) atoms. The number of nitrogens with two attached hydrogens (primary N) is 1. The molecule has 1 aromatic carbocycles. The lowest BCUT2D eigenvalue weighted by atomic mass is 10.1. The van der Waals surface area contributed by atoms with E-state index in [4.69, 9.17) is 5.73 Å². The maximum atomic E-state index is 12.2. The molecule has 2 rings (SSSR count). The van der Waals surface area contributed by atoms with Gasteiger partial charge in [-0.1, -0.05) is 31.5 Å². The van der Waals surface area contributed by atoms with E-state index in [0.717, 1.165) is 12.1 Å². The molecule has 1 aromatic heterocycles. The Morgan fingerprint density at radius 2 is 2.06 bits per heavy atom. The Balaban J connectivity index is 2.31. The maximum absolute atomic E-state index is 12.2. The highest BCUT2D eigenvalue weighted by molar-refractivity contribution is 5.98. The van der Waals surface area contributed by atoms with Gasteiger partial charge >= 0.3 is 0 Å². The van der Waals surface area contributed by atoms with E-state index in [2.05, 4.69) is 5.10 Å². The summed E-state index contributed by atoms with van der Waals surface area (Å²) in [7, 11) is 0. The van der Waals surface area contributed by atoms with Crippen molar-refractivity contribution in [3.63, 3.8) is 0 Å². The molecule has 2 aromatic rings. The fraction of sp³-hybridized carbons (Fsp3) is 0.286. The third-order valence-electron chi connectivity index (χ3n) is 2.83. The molecule has 0 aliphatic carbocycles. The molecule has 0 bridgehead atoms. The molecule has 1 heterocycles. The van der Waals surface area contributed by atoms with Gasteiger partial charge in [-0.2, -0.15) is 5.10 Å². The Labute approximate surface area is 106 Å². The number of hydrogen-bond acceptors (Lipinski definition) is 3. The van der Waals surface area contributed by atoms with Crippen molar-refractivity contribution in [3.8, 4) is 5.69 Å². The molecule has 0 saturated heterocycles. The summed E-state index contributed by atoms with van der Waals surface area (Å²) in [5, 5.41) is 4.19. The van der Waals surface area contributed by atoms with E-state index in [9.17, 15) is 4.79 Å². The minimum Gasteiger partial charge on any atom is -0.321 e. The normalized spacial score (nSPS) is 12.3. The second-order valence-corrected chi connectivity index (χ2v) is 4.22. The highest BCUT2D eigenvalue weighted by Gasteiger charge is 2.19. The smallest absolute Gasteiger partial charge is 0.197 e. The Morgan fingerprint density at radius 1 is 1.33 bits per heavy atom. The van der Waals surface area contributed by atoms with Gasteiger partial charge in [0.15, 0.2) is 5.78 Å². The zero-order valence-corrected chi connectivity index (χ0v) is 10.4. The molecule has 1 atom stereocenters. The van der Waals surface area contributed by atoms with Crippen molar-refractivity contribution in [2.75, 3.05) is 0 Å². The maximum Gasteiger partial charge on any atom is 0.197 e. The van der Waals surface area contributed by atoms with Gasteiger partial charge in [-0.25, -0.2) is 4.68 Å². The third-order valence-corrected chi connectivity index (χ3v) is 2.83. The summed E-state index contributed by atoms with van der Waals surface area (Å²) in [6, 6.07) is 10.8. The topological polar surface area (TPSA) is 60.9 Å². The lowest BCUT2D eigenvalue weighted by Crippen LogP contribution is -2.31. The van der Waals surface area contributed by atoms with Gasteiger partial charge in [0.1, 0.15) is 5.69 Å². The van der Waals surface area contributed by atoms with E-state index in [1.54, 1.807) is 16.9 Å². The highest BCUT2D eigenvalue weighted by atomic mass is 16.1. The number of ketones is 1. The molecule has 0 radical (unpaired) electrons. The minimum atomic E-state index is -0.450. The number of carbonyl (C=O) groups is 1. The first-order valence-electron chi connectivity index (χ1n) is 6.13. The predicted octanol–water partition coefficient (Wildman–Crippen LogP) is 2.18. The van der Waals surface area contributed by atoms with Crippen LogP contribution in [0.25, 0.3) is 5.69 Å². The highest BCUT2D eigenvalue weighted by Crippen LogP contribution is 2.12. The first-order valence-corrected chi connectivity index (χ1v) is 6.13. The van der Waals surface area contributed by atoms with E-state index in [1.165, 1.54) is 0 Å². The molecule has 0 fully saturated rings. The number of Topliss-reactive ketones (excluding diaryl/α,β-unsaturated/α-hetero) is 1. The molecule has 4 heteroatoms. The van der Waals surface area contributed by atoms with Crippen LogP contribution in [-0.4, -0.2) is 21.6 Å². The van der Waals surface area contributed by atoms with Crippen LogP contribution in [0.3, 0.4) is 0 Å².